The van der Waals surface area contributed by atoms with Crippen molar-refractivity contribution in [2.75, 3.05) is 0 Å². The van der Waals surface area contributed by atoms with Gasteiger partial charge in [-0.3, -0.25) is 10.4 Å². The van der Waals surface area contributed by atoms with Crippen molar-refractivity contribution in [3.8, 4) is 0 Å². The number of rotatable bonds is 2. The summed E-state index contributed by atoms with van der Waals surface area (Å²) in [6, 6.07) is 8.90. The molecule has 1 aliphatic heterocycles. The van der Waals surface area contributed by atoms with Gasteiger partial charge in [-0.1, -0.05) is 6.07 Å². The van der Waals surface area contributed by atoms with Gasteiger partial charge < -0.3 is 4.98 Å². The van der Waals surface area contributed by atoms with Gasteiger partial charge >= 0.3 is 0 Å². The third-order valence-electron chi connectivity index (χ3n) is 5.48. The summed E-state index contributed by atoms with van der Waals surface area (Å²) in [7, 11) is 0. The first-order valence-electron chi connectivity index (χ1n) is 8.60. The Labute approximate surface area is 140 Å². The Morgan fingerprint density at radius 2 is 2.00 bits per heavy atom. The Hall–Kier alpha value is -2.31. The lowest BCUT2D eigenvalue weighted by atomic mass is 9.73. The van der Waals surface area contributed by atoms with Crippen molar-refractivity contribution in [3.63, 3.8) is 0 Å². The SMILES string of the molecule is c1cncc(C2CCC3NNC(c4nc5ncccc5[nH]4)C3C2)c1. The third-order valence-corrected chi connectivity index (χ3v) is 5.48. The second kappa shape index (κ2) is 5.65. The lowest BCUT2D eigenvalue weighted by Gasteiger charge is -2.32. The molecule has 3 aromatic heterocycles. The van der Waals surface area contributed by atoms with Gasteiger partial charge in [0.1, 0.15) is 5.82 Å². The van der Waals surface area contributed by atoms with Crippen LogP contribution in [0.15, 0.2) is 42.9 Å². The first kappa shape index (κ1) is 14.1. The Balaban J connectivity index is 1.43. The largest absolute Gasteiger partial charge is 0.339 e. The first-order chi connectivity index (χ1) is 11.9. The van der Waals surface area contributed by atoms with Gasteiger partial charge in [0.05, 0.1) is 11.6 Å². The van der Waals surface area contributed by atoms with Crippen molar-refractivity contribution in [3.05, 3.63) is 54.2 Å². The number of hydrogen-bond donors (Lipinski definition) is 3. The molecule has 2 aliphatic rings. The molecule has 1 aliphatic carbocycles. The average Bonchev–Trinajstić information content (AvgIpc) is 3.25. The molecule has 3 N–H and O–H groups in total. The zero-order valence-electron chi connectivity index (χ0n) is 13.3. The fraction of sp³-hybridized carbons (Fsp3) is 0.389. The van der Waals surface area contributed by atoms with Crippen molar-refractivity contribution in [1.29, 1.82) is 0 Å². The Morgan fingerprint density at radius 1 is 1.04 bits per heavy atom. The third kappa shape index (κ3) is 2.30. The van der Waals surface area contributed by atoms with Crippen molar-refractivity contribution in [2.24, 2.45) is 5.92 Å². The molecule has 0 spiro atoms. The highest BCUT2D eigenvalue weighted by Crippen LogP contribution is 2.43. The van der Waals surface area contributed by atoms with E-state index in [-0.39, 0.29) is 6.04 Å². The summed E-state index contributed by atoms with van der Waals surface area (Å²) in [5.74, 6) is 2.08. The first-order valence-corrected chi connectivity index (χ1v) is 8.60. The molecular formula is C18H20N6. The molecule has 1 saturated heterocycles. The van der Waals surface area contributed by atoms with E-state index >= 15 is 0 Å². The van der Waals surface area contributed by atoms with Crippen molar-refractivity contribution in [2.45, 2.75) is 37.3 Å². The number of nitrogens with zero attached hydrogens (tertiary/aromatic N) is 3. The molecule has 3 aromatic rings. The summed E-state index contributed by atoms with van der Waals surface area (Å²) in [4.78, 5) is 16.8. The molecule has 5 rings (SSSR count). The molecule has 0 aromatic carbocycles. The monoisotopic (exact) mass is 320 g/mol. The van der Waals surface area contributed by atoms with Gasteiger partial charge in [0.2, 0.25) is 0 Å². The van der Waals surface area contributed by atoms with Crippen LogP contribution in [0.1, 0.15) is 42.6 Å². The van der Waals surface area contributed by atoms with Gasteiger partial charge in [0.15, 0.2) is 5.65 Å². The molecule has 0 bridgehead atoms. The lowest BCUT2D eigenvalue weighted by Crippen LogP contribution is -2.34. The van der Waals surface area contributed by atoms with Crippen LogP contribution in [0, 0.1) is 5.92 Å². The summed E-state index contributed by atoms with van der Waals surface area (Å²) in [6.45, 7) is 0. The van der Waals surface area contributed by atoms with E-state index in [1.54, 1.807) is 6.20 Å². The number of hydrazine groups is 1. The minimum absolute atomic E-state index is 0.198. The topological polar surface area (TPSA) is 78.5 Å². The van der Waals surface area contributed by atoms with E-state index in [2.05, 4.69) is 31.9 Å². The normalized spacial score (nSPS) is 29.7. The maximum atomic E-state index is 4.70. The zero-order chi connectivity index (χ0) is 15.9. The predicted octanol–water partition coefficient (Wildman–Crippen LogP) is 2.45. The molecule has 122 valence electrons. The van der Waals surface area contributed by atoms with Crippen LogP contribution in [-0.4, -0.2) is 26.0 Å². The highest BCUT2D eigenvalue weighted by molar-refractivity contribution is 5.70. The second-order valence-electron chi connectivity index (χ2n) is 6.83. The van der Waals surface area contributed by atoms with Crippen LogP contribution in [0.4, 0.5) is 0 Å². The van der Waals surface area contributed by atoms with Crippen molar-refractivity contribution in [1.82, 2.24) is 30.8 Å². The van der Waals surface area contributed by atoms with E-state index < -0.39 is 0 Å². The van der Waals surface area contributed by atoms with Crippen LogP contribution in [0.5, 0.6) is 0 Å². The van der Waals surface area contributed by atoms with Crippen LogP contribution >= 0.6 is 0 Å². The number of H-pyrrole nitrogens is 1. The Morgan fingerprint density at radius 3 is 2.88 bits per heavy atom. The summed E-state index contributed by atoms with van der Waals surface area (Å²) >= 11 is 0. The van der Waals surface area contributed by atoms with Gasteiger partial charge in [0, 0.05) is 24.6 Å². The van der Waals surface area contributed by atoms with Gasteiger partial charge in [-0.15, -0.1) is 0 Å². The maximum Gasteiger partial charge on any atom is 0.177 e. The second-order valence-corrected chi connectivity index (χ2v) is 6.83. The Bertz CT molecular complexity index is 812. The lowest BCUT2D eigenvalue weighted by molar-refractivity contribution is 0.274. The summed E-state index contributed by atoms with van der Waals surface area (Å²) in [6.07, 6.45) is 9.17. The summed E-state index contributed by atoms with van der Waals surface area (Å²) < 4.78 is 0. The minimum Gasteiger partial charge on any atom is -0.339 e. The number of aromatic nitrogens is 4. The smallest absolute Gasteiger partial charge is 0.177 e. The fourth-order valence-electron chi connectivity index (χ4n) is 4.26. The fourth-order valence-corrected chi connectivity index (χ4v) is 4.26. The molecular weight excluding hydrogens is 300 g/mol. The van der Waals surface area contributed by atoms with E-state index in [4.69, 9.17) is 4.98 Å². The molecule has 4 unspecified atom stereocenters. The van der Waals surface area contributed by atoms with Crippen LogP contribution < -0.4 is 10.9 Å². The van der Waals surface area contributed by atoms with Crippen LogP contribution in [0.25, 0.3) is 11.2 Å². The van der Waals surface area contributed by atoms with E-state index in [0.29, 0.717) is 17.9 Å². The average molecular weight is 320 g/mol. The molecule has 0 amide bonds. The Kier molecular flexibility index (Phi) is 3.31. The maximum absolute atomic E-state index is 4.70. The van der Waals surface area contributed by atoms with E-state index in [0.717, 1.165) is 23.4 Å². The van der Waals surface area contributed by atoms with Gasteiger partial charge in [-0.05, 0) is 54.9 Å². The van der Waals surface area contributed by atoms with Crippen LogP contribution in [-0.2, 0) is 0 Å². The highest BCUT2D eigenvalue weighted by atomic mass is 15.4. The minimum atomic E-state index is 0.198. The number of nitrogens with one attached hydrogen (secondary N) is 3. The number of fused-ring (bicyclic) bond motifs is 2. The van der Waals surface area contributed by atoms with Crippen LogP contribution in [0.2, 0.25) is 0 Å². The van der Waals surface area contributed by atoms with Gasteiger partial charge in [-0.2, -0.15) is 0 Å². The molecule has 4 heterocycles. The summed E-state index contributed by atoms with van der Waals surface area (Å²) in [5.41, 5.74) is 10.1. The zero-order valence-corrected chi connectivity index (χ0v) is 13.3. The standard InChI is InChI=1S/C18H20N6/c1-3-12(10-19-7-1)11-5-6-14-13(9-11)16(24-23-14)18-21-15-4-2-8-20-17(15)22-18/h1-4,7-8,10-11,13-14,16,23-24H,5-6,9H2,(H,20,21,22). The summed E-state index contributed by atoms with van der Waals surface area (Å²) in [5, 5.41) is 0. The van der Waals surface area contributed by atoms with E-state index in [1.165, 1.54) is 18.4 Å². The molecule has 4 atom stereocenters. The molecule has 1 saturated carbocycles. The predicted molar refractivity (Wildman–Crippen MR) is 91.0 cm³/mol. The van der Waals surface area contributed by atoms with Gasteiger partial charge in [-0.25, -0.2) is 15.4 Å². The van der Waals surface area contributed by atoms with Crippen LogP contribution in [0.3, 0.4) is 0 Å². The molecule has 6 nitrogen and oxygen atoms in total. The van der Waals surface area contributed by atoms with Crippen molar-refractivity contribution < 1.29 is 0 Å². The highest BCUT2D eigenvalue weighted by Gasteiger charge is 2.42. The van der Waals surface area contributed by atoms with E-state index in [9.17, 15) is 0 Å². The molecule has 2 fully saturated rings. The van der Waals surface area contributed by atoms with Gasteiger partial charge in [0.25, 0.3) is 0 Å². The number of aromatic amines is 1. The number of hydrogen-bond acceptors (Lipinski definition) is 5. The quantitative estimate of drug-likeness (QED) is 0.676. The van der Waals surface area contributed by atoms with Crippen molar-refractivity contribution >= 4 is 11.2 Å². The molecule has 0 radical (unpaired) electrons. The number of imidazole rings is 1. The van der Waals surface area contributed by atoms with E-state index in [1.807, 2.05) is 30.6 Å². The number of pyridine rings is 2. The molecule has 24 heavy (non-hydrogen) atoms. The molecule has 6 heteroatoms.